The second-order valence-electron chi connectivity index (χ2n) is 7.07. The molecule has 2 atom stereocenters. The third-order valence-electron chi connectivity index (χ3n) is 5.12. The molecule has 0 bridgehead atoms. The van der Waals surface area contributed by atoms with Crippen LogP contribution in [0, 0.1) is 0 Å². The molecule has 1 aliphatic rings. The average Bonchev–Trinajstić information content (AvgIpc) is 2.76. The predicted octanol–water partition coefficient (Wildman–Crippen LogP) is 5.52. The van der Waals surface area contributed by atoms with E-state index in [9.17, 15) is 4.79 Å². The lowest BCUT2D eigenvalue weighted by molar-refractivity contribution is -0.160. The molecule has 0 spiro atoms. The van der Waals surface area contributed by atoms with E-state index >= 15 is 0 Å². The molecule has 3 nitrogen and oxygen atoms in total. The fourth-order valence-corrected chi connectivity index (χ4v) is 3.73. The summed E-state index contributed by atoms with van der Waals surface area (Å²) in [6, 6.07) is 27.5. The molecular formula is C25H22ClNO2. The van der Waals surface area contributed by atoms with Gasteiger partial charge in [0.05, 0.1) is 6.04 Å². The number of benzene rings is 3. The molecule has 0 saturated carbocycles. The Labute approximate surface area is 176 Å². The molecule has 4 rings (SSSR count). The number of carbonyl (C=O) groups is 1. The second kappa shape index (κ2) is 9.08. The fourth-order valence-electron chi connectivity index (χ4n) is 3.60. The van der Waals surface area contributed by atoms with Crippen molar-refractivity contribution in [3.05, 3.63) is 113 Å². The number of esters is 1. The molecule has 1 heterocycles. The van der Waals surface area contributed by atoms with E-state index in [1.165, 1.54) is 0 Å². The maximum absolute atomic E-state index is 12.7. The Morgan fingerprint density at radius 2 is 1.59 bits per heavy atom. The lowest BCUT2D eigenvalue weighted by atomic mass is 10.00. The van der Waals surface area contributed by atoms with E-state index in [0.29, 0.717) is 18.2 Å². The summed E-state index contributed by atoms with van der Waals surface area (Å²) in [4.78, 5) is 14.9. The van der Waals surface area contributed by atoms with Crippen molar-refractivity contribution in [3.63, 3.8) is 0 Å². The monoisotopic (exact) mass is 403 g/mol. The minimum atomic E-state index is -0.468. The number of nitrogens with zero attached hydrogens (tertiary/aromatic N) is 1. The third kappa shape index (κ3) is 4.76. The molecule has 0 amide bonds. The standard InChI is InChI=1S/C25H22ClNO2/c26-22-14-11-19(12-15-22)13-16-23-25(28)29-18-24(21-9-5-2-6-10-21)27(23)17-20-7-3-1-4-8-20/h1-16,23-24H,17-18H2/b16-13+/t23-,24+/m1/s1. The van der Waals surface area contributed by atoms with Gasteiger partial charge < -0.3 is 4.74 Å². The largest absolute Gasteiger partial charge is 0.462 e. The Balaban J connectivity index is 1.66. The highest BCUT2D eigenvalue weighted by molar-refractivity contribution is 6.30. The Morgan fingerprint density at radius 1 is 0.931 bits per heavy atom. The summed E-state index contributed by atoms with van der Waals surface area (Å²) < 4.78 is 5.58. The maximum Gasteiger partial charge on any atom is 0.327 e. The van der Waals surface area contributed by atoms with E-state index < -0.39 is 6.04 Å². The zero-order valence-corrected chi connectivity index (χ0v) is 16.7. The van der Waals surface area contributed by atoms with Crippen LogP contribution in [0.25, 0.3) is 6.08 Å². The first-order valence-corrected chi connectivity index (χ1v) is 10.0. The van der Waals surface area contributed by atoms with E-state index in [1.807, 2.05) is 72.8 Å². The van der Waals surface area contributed by atoms with Gasteiger partial charge in [-0.1, -0.05) is 96.5 Å². The molecule has 3 aromatic rings. The molecule has 3 aromatic carbocycles. The smallest absolute Gasteiger partial charge is 0.327 e. The van der Waals surface area contributed by atoms with Gasteiger partial charge in [0.2, 0.25) is 0 Å². The summed E-state index contributed by atoms with van der Waals surface area (Å²) in [6.45, 7) is 1.01. The van der Waals surface area contributed by atoms with Crippen LogP contribution in [-0.4, -0.2) is 23.5 Å². The van der Waals surface area contributed by atoms with Gasteiger partial charge in [0.1, 0.15) is 12.6 Å². The van der Waals surface area contributed by atoms with Crippen molar-refractivity contribution in [2.75, 3.05) is 6.61 Å². The number of hydrogen-bond acceptors (Lipinski definition) is 3. The van der Waals surface area contributed by atoms with Crippen LogP contribution in [-0.2, 0) is 16.1 Å². The maximum atomic E-state index is 12.7. The number of ether oxygens (including phenoxy) is 1. The molecule has 0 radical (unpaired) electrons. The van der Waals surface area contributed by atoms with Gasteiger partial charge in [0, 0.05) is 11.6 Å². The van der Waals surface area contributed by atoms with Crippen LogP contribution >= 0.6 is 11.6 Å². The van der Waals surface area contributed by atoms with Crippen molar-refractivity contribution in [1.29, 1.82) is 0 Å². The van der Waals surface area contributed by atoms with Gasteiger partial charge in [-0.05, 0) is 28.8 Å². The van der Waals surface area contributed by atoms with E-state index in [-0.39, 0.29) is 12.0 Å². The SMILES string of the molecule is O=C1OC[C@@H](c2ccccc2)N(Cc2ccccc2)[C@@H]1/C=C/c1ccc(Cl)cc1. The van der Waals surface area contributed by atoms with E-state index in [2.05, 4.69) is 29.2 Å². The number of halogens is 1. The zero-order chi connectivity index (χ0) is 20.1. The number of rotatable bonds is 5. The molecule has 1 saturated heterocycles. The fraction of sp³-hybridized carbons (Fsp3) is 0.160. The average molecular weight is 404 g/mol. The van der Waals surface area contributed by atoms with Gasteiger partial charge in [-0.2, -0.15) is 0 Å². The highest BCUT2D eigenvalue weighted by Gasteiger charge is 2.37. The Bertz CT molecular complexity index is 971. The zero-order valence-electron chi connectivity index (χ0n) is 15.9. The van der Waals surface area contributed by atoms with Crippen LogP contribution in [0.1, 0.15) is 22.7 Å². The van der Waals surface area contributed by atoms with Crippen molar-refractivity contribution >= 4 is 23.6 Å². The quantitative estimate of drug-likeness (QED) is 0.525. The Hall–Kier alpha value is -2.88. The second-order valence-corrected chi connectivity index (χ2v) is 7.51. The van der Waals surface area contributed by atoms with Crippen LogP contribution < -0.4 is 0 Å². The first kappa shape index (κ1) is 19.4. The van der Waals surface area contributed by atoms with Gasteiger partial charge in [-0.3, -0.25) is 4.90 Å². The van der Waals surface area contributed by atoms with E-state index in [1.54, 1.807) is 0 Å². The molecule has 0 unspecified atom stereocenters. The minimum Gasteiger partial charge on any atom is -0.462 e. The summed E-state index contributed by atoms with van der Waals surface area (Å²) in [5, 5.41) is 0.689. The number of hydrogen-bond donors (Lipinski definition) is 0. The van der Waals surface area contributed by atoms with Crippen LogP contribution in [0.4, 0.5) is 0 Å². The first-order valence-electron chi connectivity index (χ1n) is 9.66. The van der Waals surface area contributed by atoms with Crippen LogP contribution in [0.5, 0.6) is 0 Å². The van der Waals surface area contributed by atoms with Crippen molar-refractivity contribution in [2.24, 2.45) is 0 Å². The molecule has 0 aliphatic carbocycles. The summed E-state index contributed by atoms with van der Waals surface area (Å²) in [6.07, 6.45) is 3.87. The van der Waals surface area contributed by atoms with Gasteiger partial charge in [-0.15, -0.1) is 0 Å². The van der Waals surface area contributed by atoms with Crippen molar-refractivity contribution < 1.29 is 9.53 Å². The van der Waals surface area contributed by atoms with Gasteiger partial charge in [-0.25, -0.2) is 4.79 Å². The summed E-state index contributed by atoms with van der Waals surface area (Å²) in [7, 11) is 0. The lowest BCUT2D eigenvalue weighted by Gasteiger charge is -2.39. The van der Waals surface area contributed by atoms with Gasteiger partial charge in [0.15, 0.2) is 0 Å². The van der Waals surface area contributed by atoms with E-state index in [4.69, 9.17) is 16.3 Å². The molecule has 4 heteroatoms. The van der Waals surface area contributed by atoms with Crippen molar-refractivity contribution in [2.45, 2.75) is 18.6 Å². The predicted molar refractivity (Wildman–Crippen MR) is 116 cm³/mol. The summed E-state index contributed by atoms with van der Waals surface area (Å²) >= 11 is 5.98. The molecule has 0 aromatic heterocycles. The van der Waals surface area contributed by atoms with Gasteiger partial charge >= 0.3 is 5.97 Å². The molecular weight excluding hydrogens is 382 g/mol. The first-order chi connectivity index (χ1) is 14.2. The molecule has 29 heavy (non-hydrogen) atoms. The van der Waals surface area contributed by atoms with Crippen molar-refractivity contribution in [3.8, 4) is 0 Å². The molecule has 1 aliphatic heterocycles. The van der Waals surface area contributed by atoms with E-state index in [0.717, 1.165) is 16.7 Å². The van der Waals surface area contributed by atoms with Crippen molar-refractivity contribution in [1.82, 2.24) is 4.90 Å². The van der Waals surface area contributed by atoms with Crippen LogP contribution in [0.15, 0.2) is 91.0 Å². The van der Waals surface area contributed by atoms with Crippen LogP contribution in [0.3, 0.4) is 0 Å². The highest BCUT2D eigenvalue weighted by atomic mass is 35.5. The molecule has 146 valence electrons. The number of cyclic esters (lactones) is 1. The number of carbonyl (C=O) groups excluding carboxylic acids is 1. The highest BCUT2D eigenvalue weighted by Crippen LogP contribution is 2.30. The van der Waals surface area contributed by atoms with Gasteiger partial charge in [0.25, 0.3) is 0 Å². The minimum absolute atomic E-state index is 0.00558. The number of morpholine rings is 1. The summed E-state index contributed by atoms with van der Waals surface area (Å²) in [5.41, 5.74) is 3.29. The normalized spacial score (nSPS) is 20.0. The summed E-state index contributed by atoms with van der Waals surface area (Å²) in [5.74, 6) is -0.224. The topological polar surface area (TPSA) is 29.5 Å². The molecule has 0 N–H and O–H groups in total. The van der Waals surface area contributed by atoms with Crippen LogP contribution in [0.2, 0.25) is 5.02 Å². The third-order valence-corrected chi connectivity index (χ3v) is 5.37. The Kier molecular flexibility index (Phi) is 6.09. The molecule has 1 fully saturated rings. The Morgan fingerprint density at radius 3 is 2.28 bits per heavy atom. The lowest BCUT2D eigenvalue weighted by Crippen LogP contribution is -2.49.